The Balaban J connectivity index is 2.51. The van der Waals surface area contributed by atoms with E-state index in [0.717, 1.165) is 62.6 Å². The third kappa shape index (κ3) is 2.23. The third-order valence-corrected chi connectivity index (χ3v) is 3.83. The van der Waals surface area contributed by atoms with Crippen LogP contribution in [0.4, 0.5) is 0 Å². The van der Waals surface area contributed by atoms with E-state index in [4.69, 9.17) is 11.1 Å². The van der Waals surface area contributed by atoms with Gasteiger partial charge in [0.1, 0.15) is 0 Å². The summed E-state index contributed by atoms with van der Waals surface area (Å²) in [5.41, 5.74) is 18.9. The molecule has 0 radical (unpaired) electrons. The van der Waals surface area contributed by atoms with Crippen LogP contribution in [-0.4, -0.2) is 5.54 Å². The minimum absolute atomic E-state index is 0.396. The van der Waals surface area contributed by atoms with Crippen molar-refractivity contribution >= 4 is 0 Å². The molecule has 0 spiro atoms. The van der Waals surface area contributed by atoms with Crippen LogP contribution < -0.4 is 0 Å². The first-order valence-corrected chi connectivity index (χ1v) is 6.16. The van der Waals surface area contributed by atoms with Crippen molar-refractivity contribution in [3.63, 3.8) is 0 Å². The molecule has 0 aliphatic heterocycles. The van der Waals surface area contributed by atoms with Gasteiger partial charge in [0.25, 0.3) is 0 Å². The molecule has 2 aliphatic carbocycles. The molecular weight excluding hydrogens is 216 g/mol. The van der Waals surface area contributed by atoms with Crippen LogP contribution in [0.2, 0.25) is 0 Å². The number of hydrogen-bond acceptors (Lipinski definition) is 2. The average molecular weight is 232 g/mol. The molecule has 0 heterocycles. The summed E-state index contributed by atoms with van der Waals surface area (Å²) in [4.78, 5) is 5.93. The van der Waals surface area contributed by atoms with Gasteiger partial charge in [-0.3, -0.25) is 0 Å². The Bertz CT molecular complexity index is 427. The Morgan fingerprint density at radius 2 is 1.76 bits per heavy atom. The van der Waals surface area contributed by atoms with Gasteiger partial charge in [-0.2, -0.15) is 0 Å². The second-order valence-electron chi connectivity index (χ2n) is 4.75. The Kier molecular flexibility index (Phi) is 3.57. The minimum Gasteiger partial charge on any atom is -0.0829 e. The molecule has 2 rings (SSSR count). The summed E-state index contributed by atoms with van der Waals surface area (Å²) >= 11 is 0. The maximum atomic E-state index is 8.79. The van der Waals surface area contributed by atoms with Crippen molar-refractivity contribution in [3.8, 4) is 0 Å². The third-order valence-electron chi connectivity index (χ3n) is 3.83. The lowest BCUT2D eigenvalue weighted by atomic mass is 9.76. The van der Waals surface area contributed by atoms with E-state index in [-0.39, 0.29) is 0 Å². The molecule has 6 nitrogen and oxygen atoms in total. The predicted molar refractivity (Wildman–Crippen MR) is 65.0 cm³/mol. The second-order valence-corrected chi connectivity index (χ2v) is 4.75. The summed E-state index contributed by atoms with van der Waals surface area (Å²) in [6.07, 6.45) is 7.82. The van der Waals surface area contributed by atoms with Crippen molar-refractivity contribution in [2.75, 3.05) is 0 Å². The van der Waals surface area contributed by atoms with Crippen LogP contribution in [0.1, 0.15) is 51.4 Å². The summed E-state index contributed by atoms with van der Waals surface area (Å²) in [5.74, 6) is 0. The van der Waals surface area contributed by atoms with Crippen LogP contribution in [0.25, 0.3) is 20.9 Å². The molecule has 1 unspecified atom stereocenters. The van der Waals surface area contributed by atoms with Gasteiger partial charge in [-0.15, -0.1) is 0 Å². The molecule has 0 N–H and O–H groups in total. The Morgan fingerprint density at radius 3 is 2.53 bits per heavy atom. The molecule has 1 fully saturated rings. The highest BCUT2D eigenvalue weighted by Crippen LogP contribution is 2.45. The lowest BCUT2D eigenvalue weighted by molar-refractivity contribution is 0.383. The van der Waals surface area contributed by atoms with Crippen LogP contribution in [0.5, 0.6) is 0 Å². The van der Waals surface area contributed by atoms with Gasteiger partial charge in [-0.25, -0.2) is 0 Å². The molecule has 0 aromatic carbocycles. The van der Waals surface area contributed by atoms with Crippen molar-refractivity contribution in [2.45, 2.75) is 56.9 Å². The number of hydrogen-bond donors (Lipinski definition) is 0. The first-order valence-electron chi connectivity index (χ1n) is 6.16. The Labute approximate surface area is 100.0 Å². The number of nitrogens with zero attached hydrogens (tertiary/aromatic N) is 6. The molecule has 0 bridgehead atoms. The Morgan fingerprint density at radius 1 is 0.941 bits per heavy atom. The fraction of sp³-hybridized carbons (Fsp3) is 0.818. The van der Waals surface area contributed by atoms with Crippen LogP contribution >= 0.6 is 0 Å². The second kappa shape index (κ2) is 5.13. The average Bonchev–Trinajstić information content (AvgIpc) is 2.53. The van der Waals surface area contributed by atoms with Crippen molar-refractivity contribution < 1.29 is 0 Å². The van der Waals surface area contributed by atoms with Gasteiger partial charge in [0.05, 0.1) is 5.54 Å². The largest absolute Gasteiger partial charge is 0.0829 e. The first-order chi connectivity index (χ1) is 8.32. The van der Waals surface area contributed by atoms with E-state index >= 15 is 0 Å². The van der Waals surface area contributed by atoms with E-state index in [0.29, 0.717) is 0 Å². The minimum atomic E-state index is -0.396. The molecule has 2 aliphatic rings. The first kappa shape index (κ1) is 11.8. The summed E-state index contributed by atoms with van der Waals surface area (Å²) in [5, 5.41) is 7.88. The summed E-state index contributed by atoms with van der Waals surface area (Å²) in [6, 6.07) is 0. The van der Waals surface area contributed by atoms with Gasteiger partial charge in [-0.05, 0) is 49.6 Å². The molecule has 1 saturated carbocycles. The van der Waals surface area contributed by atoms with E-state index in [1.54, 1.807) is 0 Å². The van der Waals surface area contributed by atoms with Crippen LogP contribution in [-0.2, 0) is 0 Å². The normalized spacial score (nSPS) is 28.5. The smallest absolute Gasteiger partial charge is 0.0702 e. The number of rotatable bonds is 2. The highest BCUT2D eigenvalue weighted by Gasteiger charge is 2.37. The summed E-state index contributed by atoms with van der Waals surface area (Å²) in [6.45, 7) is 0. The number of allylic oxidation sites excluding steroid dienone is 1. The topological polar surface area (TPSA) is 97.5 Å². The molecule has 0 aromatic heterocycles. The van der Waals surface area contributed by atoms with Crippen molar-refractivity contribution in [1.82, 2.24) is 0 Å². The van der Waals surface area contributed by atoms with Crippen LogP contribution in [0.15, 0.2) is 21.5 Å². The highest BCUT2D eigenvalue weighted by atomic mass is 15.2. The van der Waals surface area contributed by atoms with Gasteiger partial charge in [0, 0.05) is 15.5 Å². The van der Waals surface area contributed by atoms with Crippen LogP contribution in [0.3, 0.4) is 0 Å². The standard InChI is InChI=1S/C11H16N6/c12-16-14-10-6-4-8-11(15-17-13)7-3-1-2-5-9(10)11/h1-8H2. The zero-order valence-electron chi connectivity index (χ0n) is 9.84. The van der Waals surface area contributed by atoms with Crippen molar-refractivity contribution in [2.24, 2.45) is 10.2 Å². The quantitative estimate of drug-likeness (QED) is 0.373. The zero-order valence-corrected chi connectivity index (χ0v) is 9.84. The lowest BCUT2D eigenvalue weighted by Gasteiger charge is -2.35. The van der Waals surface area contributed by atoms with E-state index < -0.39 is 5.54 Å². The zero-order chi connectivity index (χ0) is 12.1. The molecular formula is C11H16N6. The SMILES string of the molecule is [N-]=[N+]=NC1=C2CCCCCC2(N=[N+]=[N-])CCC1. The van der Waals surface area contributed by atoms with Gasteiger partial charge in [-0.1, -0.05) is 28.6 Å². The summed E-state index contributed by atoms with van der Waals surface area (Å²) < 4.78 is 0. The maximum Gasteiger partial charge on any atom is 0.0702 e. The predicted octanol–water partition coefficient (Wildman–Crippen LogP) is 4.75. The van der Waals surface area contributed by atoms with Gasteiger partial charge >= 0.3 is 0 Å². The maximum absolute atomic E-state index is 8.79. The van der Waals surface area contributed by atoms with E-state index in [1.165, 1.54) is 0 Å². The van der Waals surface area contributed by atoms with Gasteiger partial charge in [0.2, 0.25) is 0 Å². The fourth-order valence-corrected chi connectivity index (χ4v) is 3.08. The molecule has 0 aromatic rings. The lowest BCUT2D eigenvalue weighted by Crippen LogP contribution is -2.31. The van der Waals surface area contributed by atoms with E-state index in [1.807, 2.05) is 0 Å². The van der Waals surface area contributed by atoms with Crippen molar-refractivity contribution in [3.05, 3.63) is 32.2 Å². The molecule has 17 heavy (non-hydrogen) atoms. The van der Waals surface area contributed by atoms with Crippen LogP contribution in [0, 0.1) is 0 Å². The molecule has 90 valence electrons. The molecule has 0 saturated heterocycles. The Hall–Kier alpha value is -1.64. The van der Waals surface area contributed by atoms with Gasteiger partial charge in [0.15, 0.2) is 0 Å². The van der Waals surface area contributed by atoms with E-state index in [2.05, 4.69) is 20.1 Å². The van der Waals surface area contributed by atoms with Gasteiger partial charge < -0.3 is 0 Å². The number of fused-ring (bicyclic) bond motifs is 1. The fourth-order valence-electron chi connectivity index (χ4n) is 3.08. The summed E-state index contributed by atoms with van der Waals surface area (Å²) in [7, 11) is 0. The number of azide groups is 2. The van der Waals surface area contributed by atoms with Crippen molar-refractivity contribution in [1.29, 1.82) is 0 Å². The van der Waals surface area contributed by atoms with E-state index in [9.17, 15) is 0 Å². The highest BCUT2D eigenvalue weighted by molar-refractivity contribution is 5.30. The molecule has 0 amide bonds. The monoisotopic (exact) mass is 232 g/mol. The molecule has 1 atom stereocenters. The molecule has 6 heteroatoms.